The number of nitrogens with zero attached hydrogens (tertiary/aromatic N) is 4. The molecule has 5 nitrogen and oxygen atoms in total. The first-order valence-electron chi connectivity index (χ1n) is 16.5. The van der Waals surface area contributed by atoms with E-state index in [0.717, 1.165) is 50.0 Å². The van der Waals surface area contributed by atoms with Crippen LogP contribution >= 0.6 is 0 Å². The van der Waals surface area contributed by atoms with Crippen LogP contribution in [-0.4, -0.2) is 19.3 Å². The molecule has 0 aliphatic rings. The van der Waals surface area contributed by atoms with Crippen LogP contribution in [0.1, 0.15) is 77.3 Å². The normalized spacial score (nSPS) is 11.9. The molecule has 0 fully saturated rings. The number of hydrogen-bond donors (Lipinski definition) is 0. The van der Waals surface area contributed by atoms with E-state index in [9.17, 15) is 4.39 Å². The molecule has 0 saturated heterocycles. The van der Waals surface area contributed by atoms with E-state index in [0.29, 0.717) is 17.3 Å². The first kappa shape index (κ1) is 34.3. The van der Waals surface area contributed by atoms with E-state index >= 15 is 0 Å². The summed E-state index contributed by atoms with van der Waals surface area (Å²) in [5, 5.41) is 7.25. The second kappa shape index (κ2) is 13.4. The minimum Gasteiger partial charge on any atom is -0.509 e. The van der Waals surface area contributed by atoms with Crippen LogP contribution in [0.3, 0.4) is 0 Å². The molecule has 7 aromatic rings. The fraction of sp³-hybridized carbons (Fsp3) is 0.238. The first-order valence-corrected chi connectivity index (χ1v) is 16.5. The molecule has 4 aromatic carbocycles. The Balaban J connectivity index is 0.00000417. The average Bonchev–Trinajstić information content (AvgIpc) is 3.62. The van der Waals surface area contributed by atoms with Crippen molar-refractivity contribution in [1.82, 2.24) is 19.3 Å². The van der Waals surface area contributed by atoms with E-state index in [1.807, 2.05) is 47.0 Å². The van der Waals surface area contributed by atoms with Crippen LogP contribution in [-0.2, 0) is 26.5 Å². The van der Waals surface area contributed by atoms with Gasteiger partial charge in [0.2, 0.25) is 0 Å². The van der Waals surface area contributed by atoms with Gasteiger partial charge in [0.15, 0.2) is 0 Å². The first-order chi connectivity index (χ1) is 23.0. The molecule has 250 valence electrons. The molecule has 0 bridgehead atoms. The van der Waals surface area contributed by atoms with Crippen molar-refractivity contribution < 1.29 is 30.2 Å². The maximum Gasteiger partial charge on any atom is 2.00 e. The Morgan fingerprint density at radius 3 is 2.20 bits per heavy atom. The van der Waals surface area contributed by atoms with Crippen molar-refractivity contribution in [2.45, 2.75) is 65.7 Å². The van der Waals surface area contributed by atoms with Gasteiger partial charge in [-0.2, -0.15) is 11.2 Å². The number of ether oxygens (including phenoxy) is 1. The van der Waals surface area contributed by atoms with E-state index in [-0.39, 0.29) is 44.1 Å². The third-order valence-electron chi connectivity index (χ3n) is 8.74. The summed E-state index contributed by atoms with van der Waals surface area (Å²) in [6.07, 6.45) is 1.48. The maximum absolute atomic E-state index is 14.4. The smallest absolute Gasteiger partial charge is 0.509 e. The molecule has 0 unspecified atom stereocenters. The average molecular weight is 830 g/mol. The summed E-state index contributed by atoms with van der Waals surface area (Å²) in [5.41, 5.74) is 7.95. The summed E-state index contributed by atoms with van der Waals surface area (Å²) >= 11 is 0. The van der Waals surface area contributed by atoms with Gasteiger partial charge in [-0.25, -0.2) is 9.37 Å². The zero-order valence-electron chi connectivity index (χ0n) is 28.8. The van der Waals surface area contributed by atoms with Crippen molar-refractivity contribution in [2.75, 3.05) is 0 Å². The Kier molecular flexibility index (Phi) is 9.39. The molecule has 0 radical (unpaired) electrons. The van der Waals surface area contributed by atoms with Gasteiger partial charge in [0.25, 0.3) is 0 Å². The summed E-state index contributed by atoms with van der Waals surface area (Å²) < 4.78 is 25.0. The number of pyridine rings is 1. The molecule has 0 atom stereocenters. The minimum absolute atomic E-state index is 0. The monoisotopic (exact) mass is 829 g/mol. The second-order valence-corrected chi connectivity index (χ2v) is 14.0. The van der Waals surface area contributed by atoms with Gasteiger partial charge in [0.1, 0.15) is 11.6 Å². The Morgan fingerprint density at radius 2 is 1.51 bits per heavy atom. The van der Waals surface area contributed by atoms with E-state index in [1.54, 1.807) is 0 Å². The molecule has 3 heterocycles. The van der Waals surface area contributed by atoms with Crippen molar-refractivity contribution in [1.29, 1.82) is 0 Å². The summed E-state index contributed by atoms with van der Waals surface area (Å²) in [6, 6.07) is 36.6. The molecule has 0 saturated carbocycles. The van der Waals surface area contributed by atoms with Gasteiger partial charge in [-0.15, -0.1) is 41.3 Å². The third-order valence-corrected chi connectivity index (χ3v) is 8.74. The zero-order chi connectivity index (χ0) is 33.7. The predicted molar refractivity (Wildman–Crippen MR) is 192 cm³/mol. The third kappa shape index (κ3) is 6.47. The molecular weight excluding hydrogens is 791 g/mol. The number of benzene rings is 4. The number of para-hydroxylation sites is 1. The predicted octanol–water partition coefficient (Wildman–Crippen LogP) is 11.1. The molecule has 0 aliphatic heterocycles. The molecule has 3 aromatic heterocycles. The van der Waals surface area contributed by atoms with E-state index in [4.69, 9.17) is 9.84 Å². The topological polar surface area (TPSA) is 44.9 Å². The molecule has 0 aliphatic carbocycles. The van der Waals surface area contributed by atoms with Crippen molar-refractivity contribution in [3.63, 3.8) is 0 Å². The van der Waals surface area contributed by atoms with Crippen LogP contribution in [0.2, 0.25) is 0 Å². The van der Waals surface area contributed by atoms with Crippen LogP contribution < -0.4 is 4.74 Å². The molecule has 7 heteroatoms. The van der Waals surface area contributed by atoms with Crippen LogP contribution in [0, 0.1) is 17.9 Å². The fourth-order valence-electron chi connectivity index (χ4n) is 6.41. The Hall–Kier alpha value is -4.54. The Morgan fingerprint density at radius 1 is 0.776 bits per heavy atom. The van der Waals surface area contributed by atoms with Gasteiger partial charge < -0.3 is 9.30 Å². The van der Waals surface area contributed by atoms with Crippen LogP contribution in [0.5, 0.6) is 11.5 Å². The maximum atomic E-state index is 14.4. The van der Waals surface area contributed by atoms with Gasteiger partial charge in [0, 0.05) is 34.8 Å². The van der Waals surface area contributed by atoms with Crippen molar-refractivity contribution in [2.24, 2.45) is 0 Å². The fourth-order valence-corrected chi connectivity index (χ4v) is 6.41. The second-order valence-electron chi connectivity index (χ2n) is 14.0. The Labute approximate surface area is 302 Å². The van der Waals surface area contributed by atoms with Crippen molar-refractivity contribution in [3.8, 4) is 34.1 Å². The molecule has 7 rings (SSSR count). The van der Waals surface area contributed by atoms with Crippen LogP contribution in [0.4, 0.5) is 4.39 Å². The van der Waals surface area contributed by atoms with Gasteiger partial charge in [0.05, 0.1) is 11.4 Å². The van der Waals surface area contributed by atoms with Gasteiger partial charge >= 0.3 is 21.1 Å². The van der Waals surface area contributed by atoms with E-state index in [1.165, 1.54) is 23.9 Å². The number of aromatic nitrogens is 4. The molecule has 0 amide bonds. The number of rotatable bonds is 7. The summed E-state index contributed by atoms with van der Waals surface area (Å²) in [4.78, 5) is 4.49. The largest absolute Gasteiger partial charge is 2.00 e. The van der Waals surface area contributed by atoms with Crippen LogP contribution in [0.15, 0.2) is 97.2 Å². The van der Waals surface area contributed by atoms with Crippen molar-refractivity contribution >= 4 is 21.8 Å². The number of fused-ring (bicyclic) bond motifs is 3. The van der Waals surface area contributed by atoms with Gasteiger partial charge in [-0.05, 0) is 46.0 Å². The summed E-state index contributed by atoms with van der Waals surface area (Å²) in [5.74, 6) is 1.64. The molecule has 0 N–H and O–H groups in total. The standard InChI is InChI=1S/C42H39FN4O.Pt/c1-26(2)40-39(28-13-9-8-10-14-28)41(27(3)4)47(45-40)31-21-29(42(5,6)7)22-33(24-31)48-32-17-18-35-34-15-11-12-16-36(34)46(37(35)25-32)38-23-30(43)19-20-44-38;/h8-23,26-27H,1-7H3;/q-2;+2. The molecule has 49 heavy (non-hydrogen) atoms. The number of halogens is 1. The SMILES string of the molecule is CC(C)c1nn(-c2[c-]c(Oc3[c-]c4c(cc3)c3ccccc3n4-c3cc(F)ccn3)cc(C(C)(C)C)c2)c(C(C)C)c1-c1ccccc1.[Pt+2]. The van der Waals surface area contributed by atoms with Gasteiger partial charge in [-0.3, -0.25) is 4.68 Å². The summed E-state index contributed by atoms with van der Waals surface area (Å²) in [6.45, 7) is 15.4. The minimum atomic E-state index is -0.352. The van der Waals surface area contributed by atoms with Gasteiger partial charge in [-0.1, -0.05) is 103 Å². The van der Waals surface area contributed by atoms with Crippen molar-refractivity contribution in [3.05, 3.63) is 132 Å². The quantitative estimate of drug-likeness (QED) is 0.150. The molecule has 0 spiro atoms. The zero-order valence-corrected chi connectivity index (χ0v) is 31.1. The molecular formula is C42H39FN4OPt. The van der Waals surface area contributed by atoms with E-state index in [2.05, 4.69) is 107 Å². The van der Waals surface area contributed by atoms with Crippen LogP contribution in [0.25, 0.3) is 44.4 Å². The summed E-state index contributed by atoms with van der Waals surface area (Å²) in [7, 11) is 0. The van der Waals surface area contributed by atoms with E-state index < -0.39 is 0 Å². The number of hydrogen-bond acceptors (Lipinski definition) is 3. The Bertz CT molecular complexity index is 2280.